The number of hydrogen-bond acceptors (Lipinski definition) is 1. The maximum Gasteiger partial charge on any atom is 0.0196 e. The molecule has 0 N–H and O–H groups in total. The molecule has 1 aliphatic heterocycles. The van der Waals surface area contributed by atoms with Crippen molar-refractivity contribution in [3.8, 4) is 0 Å². The van der Waals surface area contributed by atoms with Crippen molar-refractivity contribution < 1.29 is 0 Å². The second-order valence-corrected chi connectivity index (χ2v) is 5.81. The van der Waals surface area contributed by atoms with Gasteiger partial charge in [0.2, 0.25) is 0 Å². The van der Waals surface area contributed by atoms with Crippen molar-refractivity contribution in [2.75, 3.05) is 5.75 Å². The van der Waals surface area contributed by atoms with E-state index in [0.717, 1.165) is 17.9 Å². The Bertz CT molecular complexity index is 596. The SMILES string of the molecule is CC/C(=C1\CSCc2ccccc21)c1ccccc1. The Kier molecular flexibility index (Phi) is 3.74. The van der Waals surface area contributed by atoms with Crippen LogP contribution in [0.25, 0.3) is 11.1 Å². The Hall–Kier alpha value is -1.47. The van der Waals surface area contributed by atoms with E-state index >= 15 is 0 Å². The second-order valence-electron chi connectivity index (χ2n) is 4.83. The summed E-state index contributed by atoms with van der Waals surface area (Å²) in [6, 6.07) is 19.7. The van der Waals surface area contributed by atoms with Gasteiger partial charge in [-0.3, -0.25) is 0 Å². The van der Waals surface area contributed by atoms with E-state index in [1.54, 1.807) is 0 Å². The standard InChI is InChI=1S/C18H18S/c1-2-16(14-8-4-3-5-9-14)18-13-19-12-15-10-6-7-11-17(15)18/h3-11H,2,12-13H2,1H3/b18-16-. The first kappa shape index (κ1) is 12.6. The van der Waals surface area contributed by atoms with Gasteiger partial charge in [0.25, 0.3) is 0 Å². The predicted molar refractivity (Wildman–Crippen MR) is 86.2 cm³/mol. The number of hydrogen-bond donors (Lipinski definition) is 0. The second kappa shape index (κ2) is 5.66. The first-order valence-electron chi connectivity index (χ1n) is 6.83. The fourth-order valence-electron chi connectivity index (χ4n) is 2.76. The molecule has 0 spiro atoms. The number of fused-ring (bicyclic) bond motifs is 1. The van der Waals surface area contributed by atoms with Gasteiger partial charge in [-0.1, -0.05) is 61.5 Å². The molecule has 96 valence electrons. The minimum atomic E-state index is 1.09. The molecule has 1 heterocycles. The zero-order valence-corrected chi connectivity index (χ0v) is 12.0. The van der Waals surface area contributed by atoms with Gasteiger partial charge in [-0.15, -0.1) is 0 Å². The lowest BCUT2D eigenvalue weighted by Gasteiger charge is -2.22. The molecule has 0 saturated heterocycles. The van der Waals surface area contributed by atoms with Crippen LogP contribution >= 0.6 is 11.8 Å². The van der Waals surface area contributed by atoms with Crippen LogP contribution in [0.1, 0.15) is 30.0 Å². The Balaban J connectivity index is 2.16. The van der Waals surface area contributed by atoms with Crippen molar-refractivity contribution in [3.05, 3.63) is 71.3 Å². The van der Waals surface area contributed by atoms with E-state index in [9.17, 15) is 0 Å². The van der Waals surface area contributed by atoms with Crippen molar-refractivity contribution in [2.45, 2.75) is 19.1 Å². The zero-order chi connectivity index (χ0) is 13.1. The van der Waals surface area contributed by atoms with E-state index in [2.05, 4.69) is 61.5 Å². The van der Waals surface area contributed by atoms with Crippen molar-refractivity contribution in [1.29, 1.82) is 0 Å². The van der Waals surface area contributed by atoms with Crippen LogP contribution in [0.4, 0.5) is 0 Å². The van der Waals surface area contributed by atoms with E-state index in [4.69, 9.17) is 0 Å². The summed E-state index contributed by atoms with van der Waals surface area (Å²) >= 11 is 2.03. The molecule has 0 amide bonds. The van der Waals surface area contributed by atoms with E-state index in [1.165, 1.54) is 27.8 Å². The van der Waals surface area contributed by atoms with Crippen molar-refractivity contribution >= 4 is 22.9 Å². The molecule has 0 aromatic heterocycles. The van der Waals surface area contributed by atoms with E-state index in [0.29, 0.717) is 0 Å². The maximum absolute atomic E-state index is 2.28. The number of allylic oxidation sites excluding steroid dienone is 1. The molecule has 1 heteroatoms. The first-order chi connectivity index (χ1) is 9.40. The Morgan fingerprint density at radius 3 is 2.47 bits per heavy atom. The highest BCUT2D eigenvalue weighted by Gasteiger charge is 2.17. The largest absolute Gasteiger partial charge is 0.152 e. The van der Waals surface area contributed by atoms with E-state index in [1.807, 2.05) is 11.8 Å². The van der Waals surface area contributed by atoms with Crippen LogP contribution in [-0.4, -0.2) is 5.75 Å². The summed E-state index contributed by atoms with van der Waals surface area (Å²) in [6.45, 7) is 2.26. The summed E-state index contributed by atoms with van der Waals surface area (Å²) in [5.74, 6) is 2.28. The third-order valence-electron chi connectivity index (χ3n) is 3.69. The third kappa shape index (κ3) is 2.48. The smallest absolute Gasteiger partial charge is 0.0196 e. The van der Waals surface area contributed by atoms with Crippen LogP contribution < -0.4 is 0 Å². The van der Waals surface area contributed by atoms with Crippen LogP contribution in [0.2, 0.25) is 0 Å². The lowest BCUT2D eigenvalue weighted by Crippen LogP contribution is -2.04. The topological polar surface area (TPSA) is 0 Å². The van der Waals surface area contributed by atoms with Crippen LogP contribution in [-0.2, 0) is 5.75 Å². The number of rotatable bonds is 2. The van der Waals surface area contributed by atoms with Gasteiger partial charge >= 0.3 is 0 Å². The summed E-state index contributed by atoms with van der Waals surface area (Å²) in [5.41, 5.74) is 7.34. The maximum atomic E-state index is 2.28. The van der Waals surface area contributed by atoms with Crippen molar-refractivity contribution in [1.82, 2.24) is 0 Å². The van der Waals surface area contributed by atoms with Gasteiger partial charge in [-0.2, -0.15) is 11.8 Å². The lowest BCUT2D eigenvalue weighted by molar-refractivity contribution is 1.23. The summed E-state index contributed by atoms with van der Waals surface area (Å²) in [6.07, 6.45) is 1.09. The molecule has 2 aromatic rings. The molecule has 0 atom stereocenters. The summed E-state index contributed by atoms with van der Waals surface area (Å²) in [4.78, 5) is 0. The average molecular weight is 266 g/mol. The molecule has 1 aliphatic rings. The van der Waals surface area contributed by atoms with E-state index < -0.39 is 0 Å². The summed E-state index contributed by atoms with van der Waals surface area (Å²) < 4.78 is 0. The normalized spacial score (nSPS) is 16.9. The molecular weight excluding hydrogens is 248 g/mol. The van der Waals surface area contributed by atoms with Crippen LogP contribution in [0.3, 0.4) is 0 Å². The number of benzene rings is 2. The predicted octanol–water partition coefficient (Wildman–Crippen LogP) is 5.25. The van der Waals surface area contributed by atoms with E-state index in [-0.39, 0.29) is 0 Å². The fraction of sp³-hybridized carbons (Fsp3) is 0.222. The molecule has 0 bridgehead atoms. The minimum Gasteiger partial charge on any atom is -0.152 e. The zero-order valence-electron chi connectivity index (χ0n) is 11.2. The molecule has 0 fully saturated rings. The highest BCUT2D eigenvalue weighted by Crippen LogP contribution is 2.38. The molecule has 0 saturated carbocycles. The van der Waals surface area contributed by atoms with Gasteiger partial charge in [-0.25, -0.2) is 0 Å². The molecule has 0 unspecified atom stereocenters. The molecular formula is C18H18S. The van der Waals surface area contributed by atoms with Crippen LogP contribution in [0.15, 0.2) is 54.6 Å². The average Bonchev–Trinajstić information content (AvgIpc) is 2.49. The van der Waals surface area contributed by atoms with Crippen LogP contribution in [0.5, 0.6) is 0 Å². The van der Waals surface area contributed by atoms with Gasteiger partial charge < -0.3 is 0 Å². The monoisotopic (exact) mass is 266 g/mol. The molecule has 2 aromatic carbocycles. The molecule has 0 nitrogen and oxygen atoms in total. The number of thioether (sulfide) groups is 1. The van der Waals surface area contributed by atoms with Crippen LogP contribution in [0, 0.1) is 0 Å². The molecule has 19 heavy (non-hydrogen) atoms. The summed E-state index contributed by atoms with van der Waals surface area (Å²) in [7, 11) is 0. The highest BCUT2D eigenvalue weighted by atomic mass is 32.2. The van der Waals surface area contributed by atoms with Gasteiger partial charge in [0, 0.05) is 11.5 Å². The summed E-state index contributed by atoms with van der Waals surface area (Å²) in [5, 5.41) is 0. The van der Waals surface area contributed by atoms with Gasteiger partial charge in [0.15, 0.2) is 0 Å². The van der Waals surface area contributed by atoms with Gasteiger partial charge in [0.05, 0.1) is 0 Å². The van der Waals surface area contributed by atoms with Gasteiger partial charge in [-0.05, 0) is 34.3 Å². The first-order valence-corrected chi connectivity index (χ1v) is 7.99. The molecule has 3 rings (SSSR count). The Morgan fingerprint density at radius 2 is 1.68 bits per heavy atom. The van der Waals surface area contributed by atoms with Crippen molar-refractivity contribution in [3.63, 3.8) is 0 Å². The lowest BCUT2D eigenvalue weighted by atomic mass is 9.91. The molecule has 0 aliphatic carbocycles. The highest BCUT2D eigenvalue weighted by molar-refractivity contribution is 7.99. The molecule has 0 radical (unpaired) electrons. The quantitative estimate of drug-likeness (QED) is 0.715. The minimum absolute atomic E-state index is 1.09. The Labute approximate surface area is 119 Å². The van der Waals surface area contributed by atoms with Gasteiger partial charge in [0.1, 0.15) is 0 Å². The Morgan fingerprint density at radius 1 is 0.947 bits per heavy atom. The van der Waals surface area contributed by atoms with Crippen molar-refractivity contribution in [2.24, 2.45) is 0 Å². The third-order valence-corrected chi connectivity index (χ3v) is 4.69. The fourth-order valence-corrected chi connectivity index (χ4v) is 3.87.